The number of carbonyl (C=O) groups excluding carboxylic acids is 1. The van der Waals surface area contributed by atoms with E-state index in [9.17, 15) is 9.18 Å². The first-order valence-electron chi connectivity index (χ1n) is 9.59. The number of aryl methyl sites for hydroxylation is 2. The molecule has 0 saturated heterocycles. The molecule has 0 N–H and O–H groups in total. The molecule has 0 fully saturated rings. The van der Waals surface area contributed by atoms with Crippen LogP contribution in [-0.2, 0) is 11.3 Å². The summed E-state index contributed by atoms with van der Waals surface area (Å²) in [6, 6.07) is 20.2. The molecular weight excluding hydrogens is 363 g/mol. The lowest BCUT2D eigenvalue weighted by molar-refractivity contribution is -0.118. The van der Waals surface area contributed by atoms with Crippen molar-refractivity contribution in [1.82, 2.24) is 0 Å². The monoisotopic (exact) mass is 386 g/mol. The van der Waals surface area contributed by atoms with Gasteiger partial charge in [0, 0.05) is 12.1 Å². The van der Waals surface area contributed by atoms with Gasteiger partial charge >= 0.3 is 0 Å². The van der Waals surface area contributed by atoms with Crippen LogP contribution in [0.25, 0.3) is 11.1 Å². The third-order valence-corrected chi connectivity index (χ3v) is 4.99. The standard InChI is InChI=1S/C25H23FN2O/c1-4-24(29)28(23-13-20(15-27)12-22(26)14-23)16-19-8-10-21(11-9-19)25-17(2)6-5-7-18(25)3/h5-14H,4,16H2,1-3H3. The highest BCUT2D eigenvalue weighted by atomic mass is 19.1. The Morgan fingerprint density at radius 3 is 2.28 bits per heavy atom. The molecule has 0 radical (unpaired) electrons. The van der Waals surface area contributed by atoms with E-state index in [0.29, 0.717) is 18.7 Å². The van der Waals surface area contributed by atoms with E-state index in [1.54, 1.807) is 13.0 Å². The molecule has 0 heterocycles. The smallest absolute Gasteiger partial charge is 0.227 e. The number of amides is 1. The van der Waals surface area contributed by atoms with Crippen molar-refractivity contribution >= 4 is 11.6 Å². The predicted molar refractivity (Wildman–Crippen MR) is 114 cm³/mol. The Morgan fingerprint density at radius 2 is 1.69 bits per heavy atom. The molecule has 3 aromatic rings. The number of hydrogen-bond donors (Lipinski definition) is 0. The van der Waals surface area contributed by atoms with Crippen LogP contribution in [0.5, 0.6) is 0 Å². The van der Waals surface area contributed by atoms with Gasteiger partial charge in [0.1, 0.15) is 5.82 Å². The first kappa shape index (κ1) is 20.3. The van der Waals surface area contributed by atoms with Gasteiger partial charge in [0.2, 0.25) is 5.91 Å². The lowest BCUT2D eigenvalue weighted by atomic mass is 9.95. The normalized spacial score (nSPS) is 10.4. The number of halogens is 1. The van der Waals surface area contributed by atoms with Gasteiger partial charge in [0.25, 0.3) is 0 Å². The van der Waals surface area contributed by atoms with Crippen molar-refractivity contribution in [3.05, 3.63) is 88.7 Å². The average molecular weight is 386 g/mol. The minimum atomic E-state index is -0.529. The second-order valence-corrected chi connectivity index (χ2v) is 7.11. The van der Waals surface area contributed by atoms with E-state index in [1.165, 1.54) is 27.7 Å². The van der Waals surface area contributed by atoms with Gasteiger partial charge in [-0.1, -0.05) is 49.4 Å². The third-order valence-electron chi connectivity index (χ3n) is 4.99. The summed E-state index contributed by atoms with van der Waals surface area (Å²) in [7, 11) is 0. The van der Waals surface area contributed by atoms with E-state index < -0.39 is 5.82 Å². The van der Waals surface area contributed by atoms with Crippen LogP contribution in [0.2, 0.25) is 0 Å². The van der Waals surface area contributed by atoms with Gasteiger partial charge < -0.3 is 4.90 Å². The fourth-order valence-electron chi connectivity index (χ4n) is 3.54. The van der Waals surface area contributed by atoms with E-state index >= 15 is 0 Å². The van der Waals surface area contributed by atoms with E-state index in [4.69, 9.17) is 5.26 Å². The van der Waals surface area contributed by atoms with Crippen LogP contribution in [0, 0.1) is 31.0 Å². The third kappa shape index (κ3) is 4.52. The summed E-state index contributed by atoms with van der Waals surface area (Å²) in [6.45, 7) is 6.27. The van der Waals surface area contributed by atoms with Crippen LogP contribution in [0.15, 0.2) is 60.7 Å². The van der Waals surface area contributed by atoms with Crippen molar-refractivity contribution < 1.29 is 9.18 Å². The second kappa shape index (κ2) is 8.70. The van der Waals surface area contributed by atoms with Crippen molar-refractivity contribution in [2.24, 2.45) is 0 Å². The zero-order chi connectivity index (χ0) is 21.0. The minimum Gasteiger partial charge on any atom is -0.308 e. The largest absolute Gasteiger partial charge is 0.308 e. The summed E-state index contributed by atoms with van der Waals surface area (Å²) < 4.78 is 13.9. The lowest BCUT2D eigenvalue weighted by Crippen LogP contribution is -2.29. The highest BCUT2D eigenvalue weighted by Crippen LogP contribution is 2.28. The zero-order valence-electron chi connectivity index (χ0n) is 16.9. The minimum absolute atomic E-state index is 0.127. The molecule has 3 rings (SSSR count). The number of benzene rings is 3. The van der Waals surface area contributed by atoms with Gasteiger partial charge in [-0.05, 0) is 59.9 Å². The Hall–Kier alpha value is -3.45. The van der Waals surface area contributed by atoms with Crippen molar-refractivity contribution in [1.29, 1.82) is 5.26 Å². The van der Waals surface area contributed by atoms with Crippen molar-refractivity contribution in [3.8, 4) is 17.2 Å². The molecule has 0 aliphatic carbocycles. The maximum atomic E-state index is 13.9. The molecule has 0 aliphatic rings. The molecule has 0 spiro atoms. The number of nitriles is 1. The van der Waals surface area contributed by atoms with Gasteiger partial charge in [-0.3, -0.25) is 4.79 Å². The van der Waals surface area contributed by atoms with E-state index in [1.807, 2.05) is 36.4 Å². The zero-order valence-corrected chi connectivity index (χ0v) is 16.9. The van der Waals surface area contributed by atoms with E-state index in [-0.39, 0.29) is 11.5 Å². The number of hydrogen-bond acceptors (Lipinski definition) is 2. The SMILES string of the molecule is CCC(=O)N(Cc1ccc(-c2c(C)cccc2C)cc1)c1cc(F)cc(C#N)c1. The molecule has 0 aromatic heterocycles. The fourth-order valence-corrected chi connectivity index (χ4v) is 3.54. The van der Waals surface area contributed by atoms with Gasteiger partial charge in [-0.25, -0.2) is 4.39 Å². The van der Waals surface area contributed by atoms with E-state index in [0.717, 1.165) is 17.2 Å². The Bertz CT molecular complexity index is 1060. The van der Waals surface area contributed by atoms with Crippen LogP contribution in [-0.4, -0.2) is 5.91 Å². The first-order chi connectivity index (χ1) is 13.9. The Kier molecular flexibility index (Phi) is 6.09. The molecule has 1 amide bonds. The van der Waals surface area contributed by atoms with Crippen molar-refractivity contribution in [2.45, 2.75) is 33.7 Å². The topological polar surface area (TPSA) is 44.1 Å². The molecule has 3 nitrogen and oxygen atoms in total. The summed E-state index contributed by atoms with van der Waals surface area (Å²) in [5, 5.41) is 9.12. The number of carbonyl (C=O) groups is 1. The highest BCUT2D eigenvalue weighted by molar-refractivity contribution is 5.93. The molecule has 146 valence electrons. The molecule has 29 heavy (non-hydrogen) atoms. The summed E-state index contributed by atoms with van der Waals surface area (Å²) in [5.41, 5.74) is 6.28. The Labute approximate surface area is 171 Å². The maximum absolute atomic E-state index is 13.9. The number of nitrogens with zero attached hydrogens (tertiary/aromatic N) is 2. The van der Waals surface area contributed by atoms with Crippen LogP contribution < -0.4 is 4.90 Å². The van der Waals surface area contributed by atoms with Crippen LogP contribution in [0.3, 0.4) is 0 Å². The summed E-state index contributed by atoms with van der Waals surface area (Å²) in [4.78, 5) is 14.1. The summed E-state index contributed by atoms with van der Waals surface area (Å²) >= 11 is 0. The Morgan fingerprint density at radius 1 is 1.03 bits per heavy atom. The molecule has 0 bridgehead atoms. The fraction of sp³-hybridized carbons (Fsp3) is 0.200. The van der Waals surface area contributed by atoms with Crippen LogP contribution in [0.4, 0.5) is 10.1 Å². The predicted octanol–water partition coefficient (Wildman–Crippen LogP) is 5.92. The molecule has 0 unspecified atom stereocenters. The molecular formula is C25H23FN2O. The van der Waals surface area contributed by atoms with Gasteiger partial charge in [0.05, 0.1) is 18.2 Å². The van der Waals surface area contributed by atoms with Gasteiger partial charge in [-0.15, -0.1) is 0 Å². The first-order valence-corrected chi connectivity index (χ1v) is 9.59. The maximum Gasteiger partial charge on any atom is 0.227 e. The van der Waals surface area contributed by atoms with Crippen molar-refractivity contribution in [2.75, 3.05) is 4.90 Å². The average Bonchev–Trinajstić information content (AvgIpc) is 2.71. The molecule has 0 aliphatic heterocycles. The number of rotatable bonds is 5. The van der Waals surface area contributed by atoms with Gasteiger partial charge in [-0.2, -0.15) is 5.26 Å². The molecule has 0 atom stereocenters. The molecule has 0 saturated carbocycles. The Balaban J connectivity index is 1.92. The quantitative estimate of drug-likeness (QED) is 0.546. The van der Waals surface area contributed by atoms with Crippen LogP contribution >= 0.6 is 0 Å². The van der Waals surface area contributed by atoms with Crippen molar-refractivity contribution in [3.63, 3.8) is 0 Å². The molecule has 4 heteroatoms. The van der Waals surface area contributed by atoms with E-state index in [2.05, 4.69) is 26.0 Å². The number of anilines is 1. The van der Waals surface area contributed by atoms with Crippen LogP contribution in [0.1, 0.15) is 35.6 Å². The van der Waals surface area contributed by atoms with Gasteiger partial charge in [0.15, 0.2) is 0 Å². The highest BCUT2D eigenvalue weighted by Gasteiger charge is 2.17. The summed E-state index contributed by atoms with van der Waals surface area (Å²) in [6.07, 6.45) is 0.291. The second-order valence-electron chi connectivity index (χ2n) is 7.11. The molecule has 3 aromatic carbocycles. The lowest BCUT2D eigenvalue weighted by Gasteiger charge is -2.23. The summed E-state index contributed by atoms with van der Waals surface area (Å²) in [5.74, 6) is -0.656.